The van der Waals surface area contributed by atoms with Gasteiger partial charge in [-0.25, -0.2) is 0 Å². The predicted molar refractivity (Wildman–Crippen MR) is 52.6 cm³/mol. The molecule has 1 nitrogen and oxygen atoms in total. The molecule has 1 heteroatoms. The van der Waals surface area contributed by atoms with Crippen LogP contribution in [-0.4, -0.2) is 0 Å². The number of rotatable bonds is 2. The van der Waals surface area contributed by atoms with Crippen LogP contribution in [0.3, 0.4) is 0 Å². The van der Waals surface area contributed by atoms with Gasteiger partial charge in [0.2, 0.25) is 0 Å². The zero-order chi connectivity index (χ0) is 9.10. The summed E-state index contributed by atoms with van der Waals surface area (Å²) in [5, 5.41) is 9.06. The molecule has 0 heterocycles. The third-order valence-electron chi connectivity index (χ3n) is 2.53. The van der Waals surface area contributed by atoms with Gasteiger partial charge in [-0.1, -0.05) is 48.6 Å². The van der Waals surface area contributed by atoms with E-state index in [4.69, 9.17) is 5.26 Å². The molecule has 0 unspecified atom stereocenters. The van der Waals surface area contributed by atoms with Crippen LogP contribution in [0, 0.1) is 29.1 Å². The van der Waals surface area contributed by atoms with Crippen molar-refractivity contribution in [3.05, 3.63) is 48.6 Å². The summed E-state index contributed by atoms with van der Waals surface area (Å²) >= 11 is 0. The van der Waals surface area contributed by atoms with E-state index in [1.165, 1.54) is 0 Å². The average Bonchev–Trinajstić information content (AvgIpc) is 2.76. The molecule has 0 fully saturated rings. The lowest BCUT2D eigenvalue weighted by Gasteiger charge is -2.17. The largest absolute Gasteiger partial charge is 0.198 e. The van der Waals surface area contributed by atoms with Crippen molar-refractivity contribution in [3.63, 3.8) is 0 Å². The van der Waals surface area contributed by atoms with Crippen LogP contribution in [0.25, 0.3) is 0 Å². The molecule has 2 aliphatic carbocycles. The Morgan fingerprint density at radius 2 is 1.23 bits per heavy atom. The van der Waals surface area contributed by atoms with Gasteiger partial charge >= 0.3 is 0 Å². The van der Waals surface area contributed by atoms with Crippen molar-refractivity contribution in [1.82, 2.24) is 0 Å². The van der Waals surface area contributed by atoms with Gasteiger partial charge in [0.05, 0.1) is 12.0 Å². The molecule has 0 aliphatic heterocycles. The van der Waals surface area contributed by atoms with E-state index >= 15 is 0 Å². The van der Waals surface area contributed by atoms with Crippen molar-refractivity contribution in [3.8, 4) is 6.07 Å². The minimum absolute atomic E-state index is 0.0602. The van der Waals surface area contributed by atoms with Crippen molar-refractivity contribution in [2.24, 2.45) is 17.8 Å². The van der Waals surface area contributed by atoms with Gasteiger partial charge < -0.3 is 0 Å². The highest BCUT2D eigenvalue weighted by molar-refractivity contribution is 5.27. The van der Waals surface area contributed by atoms with Crippen LogP contribution in [0.4, 0.5) is 0 Å². The van der Waals surface area contributed by atoms with Crippen LogP contribution in [0.1, 0.15) is 0 Å². The molecule has 13 heavy (non-hydrogen) atoms. The number of hydrogen-bond acceptors (Lipinski definition) is 1. The summed E-state index contributed by atoms with van der Waals surface area (Å²) in [6.45, 7) is 0. The normalized spacial score (nSPS) is 20.6. The third-order valence-corrected chi connectivity index (χ3v) is 2.53. The summed E-state index contributed by atoms with van der Waals surface area (Å²) in [6, 6.07) is 2.38. The summed E-state index contributed by atoms with van der Waals surface area (Å²) in [4.78, 5) is 0. The van der Waals surface area contributed by atoms with Crippen molar-refractivity contribution in [2.45, 2.75) is 0 Å². The molecule has 0 amide bonds. The minimum atomic E-state index is 0.0602. The summed E-state index contributed by atoms with van der Waals surface area (Å²) in [7, 11) is 0. The SMILES string of the molecule is N#CC(C1C=CC=C1)C1C=CC=C1. The molecular weight excluding hydrogens is 158 g/mol. The monoisotopic (exact) mass is 169 g/mol. The second kappa shape index (κ2) is 3.45. The summed E-state index contributed by atoms with van der Waals surface area (Å²) in [5.74, 6) is 0.648. The van der Waals surface area contributed by atoms with E-state index in [0.717, 1.165) is 0 Å². The number of nitriles is 1. The molecule has 0 saturated heterocycles. The van der Waals surface area contributed by atoms with Crippen LogP contribution >= 0.6 is 0 Å². The van der Waals surface area contributed by atoms with Crippen molar-refractivity contribution in [1.29, 1.82) is 5.26 Å². The fourth-order valence-electron chi connectivity index (χ4n) is 1.81. The number of hydrogen-bond donors (Lipinski definition) is 0. The first-order valence-corrected chi connectivity index (χ1v) is 4.51. The number of nitrogens with zero attached hydrogens (tertiary/aromatic N) is 1. The van der Waals surface area contributed by atoms with Gasteiger partial charge in [-0.3, -0.25) is 0 Å². The van der Waals surface area contributed by atoms with E-state index in [2.05, 4.69) is 30.4 Å². The molecule has 0 atom stereocenters. The van der Waals surface area contributed by atoms with Gasteiger partial charge in [-0.05, 0) is 0 Å². The topological polar surface area (TPSA) is 23.8 Å². The zero-order valence-corrected chi connectivity index (χ0v) is 7.30. The first kappa shape index (κ1) is 8.07. The lowest BCUT2D eigenvalue weighted by atomic mass is 9.84. The Kier molecular flexibility index (Phi) is 2.14. The highest BCUT2D eigenvalue weighted by Gasteiger charge is 2.24. The van der Waals surface area contributed by atoms with Gasteiger partial charge in [0.15, 0.2) is 0 Å². The molecule has 0 spiro atoms. The predicted octanol–water partition coefficient (Wildman–Crippen LogP) is 2.61. The molecule has 0 aromatic rings. The van der Waals surface area contributed by atoms with Crippen molar-refractivity contribution in [2.75, 3.05) is 0 Å². The van der Waals surface area contributed by atoms with Crippen LogP contribution in [0.15, 0.2) is 48.6 Å². The molecule has 0 aromatic carbocycles. The van der Waals surface area contributed by atoms with Crippen LogP contribution < -0.4 is 0 Å². The highest BCUT2D eigenvalue weighted by atomic mass is 14.3. The van der Waals surface area contributed by atoms with Crippen LogP contribution in [0.5, 0.6) is 0 Å². The lowest BCUT2D eigenvalue weighted by Crippen LogP contribution is -2.15. The smallest absolute Gasteiger partial charge is 0.0674 e. The Bertz CT molecular complexity index is 287. The molecular formula is C12H11N. The first-order valence-electron chi connectivity index (χ1n) is 4.51. The van der Waals surface area contributed by atoms with Gasteiger partial charge in [-0.15, -0.1) is 0 Å². The van der Waals surface area contributed by atoms with Crippen LogP contribution in [0.2, 0.25) is 0 Å². The Balaban J connectivity index is 2.14. The van der Waals surface area contributed by atoms with E-state index in [0.29, 0.717) is 11.8 Å². The summed E-state index contributed by atoms with van der Waals surface area (Å²) < 4.78 is 0. The Morgan fingerprint density at radius 1 is 0.846 bits per heavy atom. The van der Waals surface area contributed by atoms with Gasteiger partial charge in [0.1, 0.15) is 0 Å². The van der Waals surface area contributed by atoms with Crippen molar-refractivity contribution < 1.29 is 0 Å². The maximum absolute atomic E-state index is 9.06. The molecule has 2 rings (SSSR count). The van der Waals surface area contributed by atoms with Gasteiger partial charge in [0.25, 0.3) is 0 Å². The van der Waals surface area contributed by atoms with E-state index in [-0.39, 0.29) is 5.92 Å². The molecule has 0 N–H and O–H groups in total. The molecule has 0 radical (unpaired) electrons. The third kappa shape index (κ3) is 1.48. The van der Waals surface area contributed by atoms with E-state index in [9.17, 15) is 0 Å². The average molecular weight is 169 g/mol. The summed E-state index contributed by atoms with van der Waals surface area (Å²) in [6.07, 6.45) is 16.4. The summed E-state index contributed by atoms with van der Waals surface area (Å²) in [5.41, 5.74) is 0. The minimum Gasteiger partial charge on any atom is -0.198 e. The fourth-order valence-corrected chi connectivity index (χ4v) is 1.81. The van der Waals surface area contributed by atoms with E-state index in [1.807, 2.05) is 24.3 Å². The van der Waals surface area contributed by atoms with Crippen molar-refractivity contribution >= 4 is 0 Å². The standard InChI is InChI=1S/C12H11N/c13-9-12(10-5-1-2-6-10)11-7-3-4-8-11/h1-8,10-12H. The Labute approximate surface area is 78.4 Å². The molecule has 0 bridgehead atoms. The molecule has 2 aliphatic rings. The molecule has 0 aromatic heterocycles. The Hall–Kier alpha value is -1.55. The zero-order valence-electron chi connectivity index (χ0n) is 7.30. The second-order valence-corrected chi connectivity index (χ2v) is 3.35. The molecule has 64 valence electrons. The first-order chi connectivity index (χ1) is 6.42. The highest BCUT2D eigenvalue weighted by Crippen LogP contribution is 2.29. The quantitative estimate of drug-likeness (QED) is 0.623. The van der Waals surface area contributed by atoms with E-state index in [1.54, 1.807) is 0 Å². The van der Waals surface area contributed by atoms with Gasteiger partial charge in [0, 0.05) is 11.8 Å². The Morgan fingerprint density at radius 3 is 1.54 bits per heavy atom. The maximum atomic E-state index is 9.06. The van der Waals surface area contributed by atoms with Gasteiger partial charge in [-0.2, -0.15) is 5.26 Å². The lowest BCUT2D eigenvalue weighted by molar-refractivity contribution is 0.501. The number of allylic oxidation sites excluding steroid dienone is 8. The van der Waals surface area contributed by atoms with Crippen LogP contribution in [-0.2, 0) is 0 Å². The second-order valence-electron chi connectivity index (χ2n) is 3.35. The van der Waals surface area contributed by atoms with E-state index < -0.39 is 0 Å². The molecule has 0 saturated carbocycles. The fraction of sp³-hybridized carbons (Fsp3) is 0.250. The maximum Gasteiger partial charge on any atom is 0.0674 e.